The molecular formula is C13H7Cl4N. The summed E-state index contributed by atoms with van der Waals surface area (Å²) in [6.45, 7) is 0. The number of para-hydroxylation sites is 1. The number of hydrogen-bond donors (Lipinski definition) is 0. The van der Waals surface area contributed by atoms with Crippen LogP contribution in [0.15, 0.2) is 41.4 Å². The average Bonchev–Trinajstić information content (AvgIpc) is 2.30. The van der Waals surface area contributed by atoms with E-state index in [1.807, 2.05) is 12.1 Å². The lowest BCUT2D eigenvalue weighted by Gasteiger charge is -2.02. The number of aliphatic imine (C=N–C) groups is 1. The van der Waals surface area contributed by atoms with Crippen LogP contribution in [-0.4, -0.2) is 6.21 Å². The molecule has 0 saturated heterocycles. The van der Waals surface area contributed by atoms with Crippen molar-refractivity contribution in [1.29, 1.82) is 0 Å². The molecule has 0 aliphatic carbocycles. The zero-order valence-corrected chi connectivity index (χ0v) is 12.0. The summed E-state index contributed by atoms with van der Waals surface area (Å²) in [5.41, 5.74) is 1.27. The Morgan fingerprint density at radius 3 is 2.06 bits per heavy atom. The van der Waals surface area contributed by atoms with Crippen molar-refractivity contribution in [1.82, 2.24) is 0 Å². The molecule has 0 spiro atoms. The quantitative estimate of drug-likeness (QED) is 0.597. The second-order valence-electron chi connectivity index (χ2n) is 3.49. The number of rotatable bonds is 2. The third kappa shape index (κ3) is 3.18. The maximum Gasteiger partial charge on any atom is 0.0816 e. The van der Waals surface area contributed by atoms with Gasteiger partial charge in [-0.25, -0.2) is 0 Å². The highest BCUT2D eigenvalue weighted by Gasteiger charge is 2.05. The Labute approximate surface area is 125 Å². The lowest BCUT2D eigenvalue weighted by atomic mass is 10.2. The van der Waals surface area contributed by atoms with Gasteiger partial charge < -0.3 is 0 Å². The Morgan fingerprint density at radius 2 is 1.44 bits per heavy atom. The summed E-state index contributed by atoms with van der Waals surface area (Å²) in [7, 11) is 0. The van der Waals surface area contributed by atoms with E-state index in [2.05, 4.69) is 4.99 Å². The van der Waals surface area contributed by atoms with Crippen molar-refractivity contribution < 1.29 is 0 Å². The van der Waals surface area contributed by atoms with E-state index in [4.69, 9.17) is 46.4 Å². The van der Waals surface area contributed by atoms with Crippen LogP contribution in [0.1, 0.15) is 5.56 Å². The molecule has 0 N–H and O–H groups in total. The summed E-state index contributed by atoms with van der Waals surface area (Å²) >= 11 is 23.9. The van der Waals surface area contributed by atoms with Gasteiger partial charge in [0.2, 0.25) is 0 Å². The lowest BCUT2D eigenvalue weighted by molar-refractivity contribution is 1.52. The van der Waals surface area contributed by atoms with Crippen LogP contribution in [0.5, 0.6) is 0 Å². The Bertz CT molecular complexity index is 585. The van der Waals surface area contributed by atoms with Crippen molar-refractivity contribution >= 4 is 58.3 Å². The molecule has 5 heteroatoms. The van der Waals surface area contributed by atoms with Gasteiger partial charge >= 0.3 is 0 Å². The summed E-state index contributed by atoms with van der Waals surface area (Å²) in [5, 5.41) is 1.95. The zero-order chi connectivity index (χ0) is 13.1. The highest BCUT2D eigenvalue weighted by atomic mass is 35.5. The second kappa shape index (κ2) is 5.94. The third-order valence-electron chi connectivity index (χ3n) is 2.23. The highest BCUT2D eigenvalue weighted by molar-refractivity contribution is 6.41. The molecule has 0 saturated carbocycles. The van der Waals surface area contributed by atoms with Crippen LogP contribution in [0, 0.1) is 0 Å². The fourth-order valence-corrected chi connectivity index (χ4v) is 2.47. The first-order valence-corrected chi connectivity index (χ1v) is 6.52. The van der Waals surface area contributed by atoms with E-state index >= 15 is 0 Å². The molecule has 2 aromatic rings. The molecule has 0 bridgehead atoms. The SMILES string of the molecule is Clc1cc(Cl)c(/C=N/c2ccccc2Cl)c(Cl)c1. The molecule has 0 heterocycles. The second-order valence-corrected chi connectivity index (χ2v) is 5.15. The van der Waals surface area contributed by atoms with Crippen molar-refractivity contribution in [3.05, 3.63) is 62.1 Å². The van der Waals surface area contributed by atoms with Gasteiger partial charge in [-0.1, -0.05) is 58.5 Å². The fourth-order valence-electron chi connectivity index (χ4n) is 1.37. The molecule has 0 aromatic heterocycles. The number of hydrogen-bond acceptors (Lipinski definition) is 1. The predicted molar refractivity (Wildman–Crippen MR) is 80.2 cm³/mol. The smallest absolute Gasteiger partial charge is 0.0816 e. The molecule has 0 unspecified atom stereocenters. The van der Waals surface area contributed by atoms with E-state index < -0.39 is 0 Å². The van der Waals surface area contributed by atoms with Gasteiger partial charge in [0.05, 0.1) is 20.8 Å². The standard InChI is InChI=1S/C13H7Cl4N/c14-8-5-11(16)9(12(17)6-8)7-18-13-4-2-1-3-10(13)15/h1-7H/b18-7+. The Hall–Kier alpha value is -0.730. The molecule has 18 heavy (non-hydrogen) atoms. The molecular weight excluding hydrogens is 312 g/mol. The van der Waals surface area contributed by atoms with Crippen LogP contribution >= 0.6 is 46.4 Å². The predicted octanol–water partition coefficient (Wildman–Crippen LogP) is 6.05. The first kappa shape index (κ1) is 13.7. The van der Waals surface area contributed by atoms with Crippen molar-refractivity contribution in [2.75, 3.05) is 0 Å². The van der Waals surface area contributed by atoms with E-state index in [0.717, 1.165) is 0 Å². The summed E-state index contributed by atoms with van der Waals surface area (Å²) in [6, 6.07) is 10.5. The van der Waals surface area contributed by atoms with E-state index in [-0.39, 0.29) is 0 Å². The number of halogens is 4. The number of nitrogens with zero attached hydrogens (tertiary/aromatic N) is 1. The van der Waals surface area contributed by atoms with Crippen molar-refractivity contribution in [3.8, 4) is 0 Å². The zero-order valence-electron chi connectivity index (χ0n) is 9.00. The molecule has 2 aromatic carbocycles. The summed E-state index contributed by atoms with van der Waals surface area (Å²) in [5.74, 6) is 0. The van der Waals surface area contributed by atoms with Crippen LogP contribution in [0.2, 0.25) is 20.1 Å². The van der Waals surface area contributed by atoms with Crippen molar-refractivity contribution in [3.63, 3.8) is 0 Å². The Kier molecular flexibility index (Phi) is 4.52. The summed E-state index contributed by atoms with van der Waals surface area (Å²) in [6.07, 6.45) is 1.57. The van der Waals surface area contributed by atoms with E-state index in [0.29, 0.717) is 31.3 Å². The molecule has 2 rings (SSSR count). The van der Waals surface area contributed by atoms with Gasteiger partial charge in [0.25, 0.3) is 0 Å². The van der Waals surface area contributed by atoms with Crippen LogP contribution in [0.25, 0.3) is 0 Å². The van der Waals surface area contributed by atoms with Gasteiger partial charge in [0.15, 0.2) is 0 Å². The molecule has 0 atom stereocenters. The van der Waals surface area contributed by atoms with Gasteiger partial charge in [0, 0.05) is 16.8 Å². The van der Waals surface area contributed by atoms with Gasteiger partial charge in [-0.05, 0) is 24.3 Å². The van der Waals surface area contributed by atoms with Gasteiger partial charge in [-0.2, -0.15) is 0 Å². The lowest BCUT2D eigenvalue weighted by Crippen LogP contribution is -1.85. The highest BCUT2D eigenvalue weighted by Crippen LogP contribution is 2.29. The first-order chi connectivity index (χ1) is 8.58. The molecule has 1 nitrogen and oxygen atoms in total. The minimum Gasteiger partial charge on any atom is -0.255 e. The van der Waals surface area contributed by atoms with Crippen molar-refractivity contribution in [2.24, 2.45) is 4.99 Å². The van der Waals surface area contributed by atoms with E-state index in [9.17, 15) is 0 Å². The normalized spacial score (nSPS) is 11.1. The average molecular weight is 319 g/mol. The number of benzene rings is 2. The maximum atomic E-state index is 6.05. The van der Waals surface area contributed by atoms with Gasteiger partial charge in [-0.15, -0.1) is 0 Å². The minimum atomic E-state index is 0.448. The van der Waals surface area contributed by atoms with E-state index in [1.165, 1.54) is 0 Å². The summed E-state index contributed by atoms with van der Waals surface area (Å²) in [4.78, 5) is 4.26. The van der Waals surface area contributed by atoms with Crippen LogP contribution in [0.3, 0.4) is 0 Å². The topological polar surface area (TPSA) is 12.4 Å². The molecule has 92 valence electrons. The van der Waals surface area contributed by atoms with Crippen LogP contribution < -0.4 is 0 Å². The maximum absolute atomic E-state index is 6.05. The largest absolute Gasteiger partial charge is 0.255 e. The van der Waals surface area contributed by atoms with Gasteiger partial charge in [0.1, 0.15) is 0 Å². The third-order valence-corrected chi connectivity index (χ3v) is 3.39. The minimum absolute atomic E-state index is 0.448. The Balaban J connectivity index is 2.38. The molecule has 0 radical (unpaired) electrons. The van der Waals surface area contributed by atoms with E-state index in [1.54, 1.807) is 30.5 Å². The van der Waals surface area contributed by atoms with Crippen molar-refractivity contribution in [2.45, 2.75) is 0 Å². The molecule has 0 aliphatic heterocycles. The van der Waals surface area contributed by atoms with Crippen LogP contribution in [0.4, 0.5) is 5.69 Å². The fraction of sp³-hybridized carbons (Fsp3) is 0. The molecule has 0 fully saturated rings. The molecule has 0 aliphatic rings. The van der Waals surface area contributed by atoms with Gasteiger partial charge in [-0.3, -0.25) is 4.99 Å². The molecule has 0 amide bonds. The summed E-state index contributed by atoms with van der Waals surface area (Å²) < 4.78 is 0. The Morgan fingerprint density at radius 1 is 0.833 bits per heavy atom. The first-order valence-electron chi connectivity index (χ1n) is 5.01. The monoisotopic (exact) mass is 317 g/mol. The van der Waals surface area contributed by atoms with Crippen LogP contribution in [-0.2, 0) is 0 Å².